The summed E-state index contributed by atoms with van der Waals surface area (Å²) in [5.74, 6) is 0. The van der Waals surface area contributed by atoms with E-state index >= 15 is 0 Å². The lowest BCUT2D eigenvalue weighted by Gasteiger charge is -1.86. The minimum atomic E-state index is -2.12. The van der Waals surface area contributed by atoms with Crippen LogP contribution in [0.3, 0.4) is 0 Å². The maximum absolute atomic E-state index is 10.3. The normalized spacial score (nSPS) is 11.1. The summed E-state index contributed by atoms with van der Waals surface area (Å²) in [6.07, 6.45) is 2.69. The molecule has 0 radical (unpaired) electrons. The van der Waals surface area contributed by atoms with Crippen molar-refractivity contribution in [2.24, 2.45) is 0 Å². The molecule has 52 valence electrons. The minimum Gasteiger partial charge on any atom is -0.156 e. The van der Waals surface area contributed by atoms with Crippen LogP contribution in [0.2, 0.25) is 0 Å². The van der Waals surface area contributed by atoms with Gasteiger partial charge in [0.1, 0.15) is 0 Å². The standard InChI is InChI=1S/C6H11O2P/c1-3-4-5-6(2)9(7)8/h2-5H2,1H3/p+1. The fourth-order valence-corrected chi connectivity index (χ4v) is 0.826. The number of hydrogen-bond donors (Lipinski definition) is 1. The zero-order chi connectivity index (χ0) is 7.28. The Morgan fingerprint density at radius 1 is 1.78 bits per heavy atom. The van der Waals surface area contributed by atoms with E-state index in [1.54, 1.807) is 0 Å². The zero-order valence-electron chi connectivity index (χ0n) is 5.63. The van der Waals surface area contributed by atoms with Crippen molar-refractivity contribution in [3.05, 3.63) is 11.9 Å². The van der Waals surface area contributed by atoms with E-state index in [1.807, 2.05) is 6.92 Å². The Balaban J connectivity index is 3.39. The summed E-state index contributed by atoms with van der Waals surface area (Å²) in [7, 11) is -2.12. The third kappa shape index (κ3) is 4.31. The molecule has 0 aromatic heterocycles. The van der Waals surface area contributed by atoms with E-state index in [4.69, 9.17) is 4.89 Å². The zero-order valence-corrected chi connectivity index (χ0v) is 6.53. The molecule has 0 aliphatic heterocycles. The molecule has 0 rings (SSSR count). The van der Waals surface area contributed by atoms with Gasteiger partial charge in [-0.25, -0.2) is 0 Å². The van der Waals surface area contributed by atoms with Gasteiger partial charge in [-0.15, -0.1) is 0 Å². The van der Waals surface area contributed by atoms with Gasteiger partial charge in [-0.3, -0.25) is 0 Å². The summed E-state index contributed by atoms with van der Waals surface area (Å²) >= 11 is 0. The topological polar surface area (TPSA) is 37.3 Å². The van der Waals surface area contributed by atoms with Crippen molar-refractivity contribution in [1.29, 1.82) is 0 Å². The molecular weight excluding hydrogens is 135 g/mol. The maximum atomic E-state index is 10.3. The molecule has 2 nitrogen and oxygen atoms in total. The molecule has 0 aromatic carbocycles. The van der Waals surface area contributed by atoms with Crippen LogP contribution >= 0.6 is 8.03 Å². The highest BCUT2D eigenvalue weighted by atomic mass is 31.1. The Hall–Kier alpha value is -0.200. The molecule has 1 unspecified atom stereocenters. The second kappa shape index (κ2) is 4.66. The molecule has 1 atom stereocenters. The molecular formula is C6H12O2P+. The van der Waals surface area contributed by atoms with E-state index in [2.05, 4.69) is 6.58 Å². The van der Waals surface area contributed by atoms with Crippen molar-refractivity contribution in [1.82, 2.24) is 0 Å². The van der Waals surface area contributed by atoms with Crippen LogP contribution in [0.5, 0.6) is 0 Å². The third-order valence-electron chi connectivity index (χ3n) is 1.09. The minimum absolute atomic E-state index is 0.465. The summed E-state index contributed by atoms with van der Waals surface area (Å²) in [5.41, 5.74) is 0. The van der Waals surface area contributed by atoms with Gasteiger partial charge in [0, 0.05) is 6.42 Å². The molecule has 0 saturated carbocycles. The maximum Gasteiger partial charge on any atom is 0.540 e. The van der Waals surface area contributed by atoms with E-state index < -0.39 is 8.03 Å². The van der Waals surface area contributed by atoms with Gasteiger partial charge in [0.05, 0.1) is 0 Å². The molecule has 0 saturated heterocycles. The highest BCUT2D eigenvalue weighted by Gasteiger charge is 2.15. The molecule has 0 aliphatic rings. The molecule has 0 spiro atoms. The predicted molar refractivity (Wildman–Crippen MR) is 38.5 cm³/mol. The van der Waals surface area contributed by atoms with Gasteiger partial charge >= 0.3 is 8.03 Å². The highest BCUT2D eigenvalue weighted by Crippen LogP contribution is 2.28. The summed E-state index contributed by atoms with van der Waals surface area (Å²) < 4.78 is 10.3. The highest BCUT2D eigenvalue weighted by molar-refractivity contribution is 7.43. The Morgan fingerprint density at radius 3 is 2.67 bits per heavy atom. The van der Waals surface area contributed by atoms with E-state index in [9.17, 15) is 4.57 Å². The van der Waals surface area contributed by atoms with Crippen LogP contribution in [0.15, 0.2) is 11.9 Å². The van der Waals surface area contributed by atoms with E-state index in [0.29, 0.717) is 11.7 Å². The predicted octanol–water partition coefficient (Wildman–Crippen LogP) is 2.43. The number of hydrogen-bond acceptors (Lipinski definition) is 1. The van der Waals surface area contributed by atoms with Crippen molar-refractivity contribution >= 4 is 8.03 Å². The first-order valence-corrected chi connectivity index (χ1v) is 4.23. The van der Waals surface area contributed by atoms with Crippen LogP contribution in [0, 0.1) is 0 Å². The van der Waals surface area contributed by atoms with Crippen LogP contribution < -0.4 is 0 Å². The lowest BCUT2D eigenvalue weighted by atomic mass is 10.2. The van der Waals surface area contributed by atoms with E-state index in [1.165, 1.54) is 0 Å². The molecule has 0 heterocycles. The van der Waals surface area contributed by atoms with Gasteiger partial charge in [-0.05, 0) is 17.6 Å². The summed E-state index contributed by atoms with van der Waals surface area (Å²) in [6.45, 7) is 5.50. The SMILES string of the molecule is C=C(CCCC)[P+](=O)O. The monoisotopic (exact) mass is 147 g/mol. The molecule has 3 heteroatoms. The van der Waals surface area contributed by atoms with Crippen molar-refractivity contribution in [2.45, 2.75) is 26.2 Å². The molecule has 0 bridgehead atoms. The second-order valence-corrected chi connectivity index (χ2v) is 3.12. The Labute approximate surface area is 56.5 Å². The largest absolute Gasteiger partial charge is 0.540 e. The first-order chi connectivity index (χ1) is 4.18. The van der Waals surface area contributed by atoms with Crippen LogP contribution in [0.4, 0.5) is 0 Å². The average Bonchev–Trinajstić information content (AvgIpc) is 1.82. The van der Waals surface area contributed by atoms with Crippen LogP contribution in [-0.2, 0) is 4.57 Å². The molecule has 0 aromatic rings. The number of rotatable bonds is 4. The summed E-state index contributed by atoms with van der Waals surface area (Å²) in [6, 6.07) is 0. The first-order valence-electron chi connectivity index (χ1n) is 3.02. The van der Waals surface area contributed by atoms with Crippen LogP contribution in [-0.4, -0.2) is 4.89 Å². The van der Waals surface area contributed by atoms with Crippen molar-refractivity contribution in [3.63, 3.8) is 0 Å². The van der Waals surface area contributed by atoms with Crippen molar-refractivity contribution in [2.75, 3.05) is 0 Å². The molecule has 0 amide bonds. The molecule has 1 N–H and O–H groups in total. The number of unbranched alkanes of at least 4 members (excludes halogenated alkanes) is 1. The second-order valence-electron chi connectivity index (χ2n) is 1.94. The van der Waals surface area contributed by atoms with Gasteiger partial charge in [-0.1, -0.05) is 13.3 Å². The number of allylic oxidation sites excluding steroid dienone is 1. The fraction of sp³-hybridized carbons (Fsp3) is 0.667. The van der Waals surface area contributed by atoms with Gasteiger partial charge in [-0.2, -0.15) is 4.89 Å². The molecule has 9 heavy (non-hydrogen) atoms. The van der Waals surface area contributed by atoms with Gasteiger partial charge in [0.2, 0.25) is 0 Å². The lowest BCUT2D eigenvalue weighted by molar-refractivity contribution is 0.507. The van der Waals surface area contributed by atoms with Crippen LogP contribution in [0.1, 0.15) is 26.2 Å². The Kier molecular flexibility index (Phi) is 4.55. The van der Waals surface area contributed by atoms with Gasteiger partial charge in [0.25, 0.3) is 0 Å². The van der Waals surface area contributed by atoms with Crippen molar-refractivity contribution in [3.8, 4) is 0 Å². The van der Waals surface area contributed by atoms with Crippen molar-refractivity contribution < 1.29 is 9.46 Å². The first kappa shape index (κ1) is 8.80. The smallest absolute Gasteiger partial charge is 0.156 e. The third-order valence-corrected chi connectivity index (χ3v) is 1.85. The summed E-state index contributed by atoms with van der Waals surface area (Å²) in [4.78, 5) is 8.46. The molecule has 0 fully saturated rings. The Bertz CT molecular complexity index is 120. The fourth-order valence-electron chi connectivity index (χ4n) is 0.476. The molecule has 0 aliphatic carbocycles. The van der Waals surface area contributed by atoms with E-state index in [-0.39, 0.29) is 0 Å². The lowest BCUT2D eigenvalue weighted by Crippen LogP contribution is -1.73. The average molecular weight is 147 g/mol. The van der Waals surface area contributed by atoms with Gasteiger partial charge in [0.15, 0.2) is 5.31 Å². The quantitative estimate of drug-likeness (QED) is 0.620. The summed E-state index contributed by atoms with van der Waals surface area (Å²) in [5, 5.41) is 0.465. The van der Waals surface area contributed by atoms with Gasteiger partial charge < -0.3 is 0 Å². The van der Waals surface area contributed by atoms with Crippen LogP contribution in [0.25, 0.3) is 0 Å². The Morgan fingerprint density at radius 2 is 2.33 bits per heavy atom. The van der Waals surface area contributed by atoms with E-state index in [0.717, 1.165) is 12.8 Å².